The summed E-state index contributed by atoms with van der Waals surface area (Å²) >= 11 is 0. The highest BCUT2D eigenvalue weighted by Gasteiger charge is 2.07. The summed E-state index contributed by atoms with van der Waals surface area (Å²) in [4.78, 5) is 0. The Bertz CT molecular complexity index is 453. The number of rotatable bonds is 5. The van der Waals surface area contributed by atoms with Crippen LogP contribution in [0.1, 0.15) is 24.3 Å². The number of halogens is 1. The third-order valence-corrected chi connectivity index (χ3v) is 2.77. The second-order valence-electron chi connectivity index (χ2n) is 4.03. The van der Waals surface area contributed by atoms with Crippen LogP contribution in [0.5, 0.6) is 0 Å². The Morgan fingerprint density at radius 2 is 2.06 bits per heavy atom. The first-order valence-electron chi connectivity index (χ1n) is 5.77. The molecular weight excluding hydrogens is 217 g/mol. The molecule has 1 atom stereocenters. The van der Waals surface area contributed by atoms with Gasteiger partial charge in [-0.1, -0.05) is 18.2 Å². The van der Waals surface area contributed by atoms with Crippen molar-refractivity contribution in [3.05, 3.63) is 59.8 Å². The Kier molecular flexibility index (Phi) is 3.94. The van der Waals surface area contributed by atoms with Crippen molar-refractivity contribution in [3.63, 3.8) is 0 Å². The molecule has 0 spiro atoms. The fourth-order valence-electron chi connectivity index (χ4n) is 1.76. The fourth-order valence-corrected chi connectivity index (χ4v) is 1.76. The Balaban J connectivity index is 1.82. The van der Waals surface area contributed by atoms with Gasteiger partial charge in [-0.25, -0.2) is 4.39 Å². The first-order valence-corrected chi connectivity index (χ1v) is 5.77. The number of nitrogens with one attached hydrogen (secondary N) is 1. The summed E-state index contributed by atoms with van der Waals surface area (Å²) < 4.78 is 18.6. The Labute approximate surface area is 100 Å². The van der Waals surface area contributed by atoms with E-state index < -0.39 is 0 Å². The Morgan fingerprint density at radius 1 is 1.24 bits per heavy atom. The molecule has 2 rings (SSSR count). The maximum Gasteiger partial charge on any atom is 0.126 e. The molecule has 1 N–H and O–H groups in total. The molecule has 0 bridgehead atoms. The lowest BCUT2D eigenvalue weighted by atomic mass is 10.1. The average molecular weight is 233 g/mol. The van der Waals surface area contributed by atoms with Crippen LogP contribution in [0.15, 0.2) is 47.1 Å². The van der Waals surface area contributed by atoms with Gasteiger partial charge < -0.3 is 9.73 Å². The van der Waals surface area contributed by atoms with Gasteiger partial charge in [0, 0.05) is 0 Å². The molecule has 1 heterocycles. The van der Waals surface area contributed by atoms with Crippen LogP contribution in [-0.2, 0) is 6.42 Å². The summed E-state index contributed by atoms with van der Waals surface area (Å²) in [5.74, 6) is 0.762. The van der Waals surface area contributed by atoms with E-state index in [0.29, 0.717) is 6.42 Å². The minimum atomic E-state index is -0.139. The molecule has 2 aromatic rings. The predicted molar refractivity (Wildman–Crippen MR) is 65.2 cm³/mol. The number of hydrogen-bond acceptors (Lipinski definition) is 2. The number of benzene rings is 1. The summed E-state index contributed by atoms with van der Waals surface area (Å²) in [7, 11) is 0. The van der Waals surface area contributed by atoms with E-state index >= 15 is 0 Å². The molecule has 0 amide bonds. The van der Waals surface area contributed by atoms with Gasteiger partial charge in [0.25, 0.3) is 0 Å². The third kappa shape index (κ3) is 3.17. The van der Waals surface area contributed by atoms with Crippen molar-refractivity contribution in [2.24, 2.45) is 0 Å². The quantitative estimate of drug-likeness (QED) is 0.857. The van der Waals surface area contributed by atoms with Crippen molar-refractivity contribution in [2.75, 3.05) is 6.54 Å². The molecule has 1 aromatic carbocycles. The van der Waals surface area contributed by atoms with E-state index in [1.165, 1.54) is 6.07 Å². The van der Waals surface area contributed by atoms with E-state index in [9.17, 15) is 4.39 Å². The molecule has 0 saturated heterocycles. The van der Waals surface area contributed by atoms with Crippen molar-refractivity contribution in [3.8, 4) is 0 Å². The highest BCUT2D eigenvalue weighted by atomic mass is 19.1. The van der Waals surface area contributed by atoms with Crippen molar-refractivity contribution in [2.45, 2.75) is 19.4 Å². The maximum absolute atomic E-state index is 13.3. The van der Waals surface area contributed by atoms with Crippen LogP contribution in [0.3, 0.4) is 0 Å². The SMILES string of the molecule is CC(NCCc1ccccc1F)c1ccco1. The normalized spacial score (nSPS) is 12.6. The monoisotopic (exact) mass is 233 g/mol. The van der Waals surface area contributed by atoms with E-state index in [2.05, 4.69) is 5.32 Å². The maximum atomic E-state index is 13.3. The van der Waals surface area contributed by atoms with Gasteiger partial charge in [0.05, 0.1) is 12.3 Å². The molecule has 1 aromatic heterocycles. The zero-order chi connectivity index (χ0) is 12.1. The van der Waals surface area contributed by atoms with Crippen molar-refractivity contribution >= 4 is 0 Å². The van der Waals surface area contributed by atoms with Crippen molar-refractivity contribution < 1.29 is 8.81 Å². The van der Waals surface area contributed by atoms with Crippen LogP contribution in [0.25, 0.3) is 0 Å². The number of furan rings is 1. The summed E-state index contributed by atoms with van der Waals surface area (Å²) in [6, 6.07) is 10.8. The lowest BCUT2D eigenvalue weighted by molar-refractivity contribution is 0.431. The minimum absolute atomic E-state index is 0.139. The van der Waals surface area contributed by atoms with Gasteiger partial charge in [0.15, 0.2) is 0 Å². The topological polar surface area (TPSA) is 25.2 Å². The first kappa shape index (κ1) is 11.9. The Morgan fingerprint density at radius 3 is 2.76 bits per heavy atom. The molecule has 0 aliphatic heterocycles. The highest BCUT2D eigenvalue weighted by Crippen LogP contribution is 2.12. The molecule has 1 unspecified atom stereocenters. The fraction of sp³-hybridized carbons (Fsp3) is 0.286. The van der Waals surface area contributed by atoms with E-state index in [1.807, 2.05) is 31.2 Å². The highest BCUT2D eigenvalue weighted by molar-refractivity contribution is 5.17. The van der Waals surface area contributed by atoms with Crippen LogP contribution in [0.4, 0.5) is 4.39 Å². The first-order chi connectivity index (χ1) is 8.27. The molecule has 0 saturated carbocycles. The smallest absolute Gasteiger partial charge is 0.126 e. The van der Waals surface area contributed by atoms with Gasteiger partial charge in [0.2, 0.25) is 0 Å². The van der Waals surface area contributed by atoms with Crippen LogP contribution in [0.2, 0.25) is 0 Å². The minimum Gasteiger partial charge on any atom is -0.468 e. The van der Waals surface area contributed by atoms with Gasteiger partial charge in [0.1, 0.15) is 11.6 Å². The van der Waals surface area contributed by atoms with Gasteiger partial charge in [-0.3, -0.25) is 0 Å². The summed E-state index contributed by atoms with van der Waals surface area (Å²) in [6.45, 7) is 2.75. The van der Waals surface area contributed by atoms with E-state index in [4.69, 9.17) is 4.42 Å². The zero-order valence-corrected chi connectivity index (χ0v) is 9.82. The van der Waals surface area contributed by atoms with E-state index in [0.717, 1.165) is 17.9 Å². The molecule has 17 heavy (non-hydrogen) atoms. The molecule has 3 heteroatoms. The summed E-state index contributed by atoms with van der Waals surface area (Å²) in [5.41, 5.74) is 0.742. The molecule has 0 aliphatic rings. The van der Waals surface area contributed by atoms with Crippen molar-refractivity contribution in [1.29, 1.82) is 0 Å². The summed E-state index contributed by atoms with van der Waals surface area (Å²) in [6.07, 6.45) is 2.34. The largest absolute Gasteiger partial charge is 0.468 e. The van der Waals surface area contributed by atoms with Crippen LogP contribution < -0.4 is 5.32 Å². The second kappa shape index (κ2) is 5.64. The van der Waals surface area contributed by atoms with Crippen molar-refractivity contribution in [1.82, 2.24) is 5.32 Å². The van der Waals surface area contributed by atoms with Crippen LogP contribution in [0, 0.1) is 5.82 Å². The Hall–Kier alpha value is -1.61. The van der Waals surface area contributed by atoms with E-state index in [-0.39, 0.29) is 11.9 Å². The molecule has 0 fully saturated rings. The lowest BCUT2D eigenvalue weighted by Gasteiger charge is -2.11. The van der Waals surface area contributed by atoms with Gasteiger partial charge in [-0.2, -0.15) is 0 Å². The van der Waals surface area contributed by atoms with E-state index in [1.54, 1.807) is 12.3 Å². The average Bonchev–Trinajstić information content (AvgIpc) is 2.85. The van der Waals surface area contributed by atoms with Crippen LogP contribution in [-0.4, -0.2) is 6.54 Å². The predicted octanol–water partition coefficient (Wildman–Crippen LogP) is 3.31. The zero-order valence-electron chi connectivity index (χ0n) is 9.82. The summed E-state index contributed by atoms with van der Waals surface area (Å²) in [5, 5.41) is 3.30. The van der Waals surface area contributed by atoms with Gasteiger partial charge >= 0.3 is 0 Å². The molecule has 0 aliphatic carbocycles. The second-order valence-corrected chi connectivity index (χ2v) is 4.03. The van der Waals surface area contributed by atoms with Gasteiger partial charge in [-0.05, 0) is 43.7 Å². The number of hydrogen-bond donors (Lipinski definition) is 1. The lowest BCUT2D eigenvalue weighted by Crippen LogP contribution is -2.21. The molecule has 2 nitrogen and oxygen atoms in total. The van der Waals surface area contributed by atoms with Crippen LogP contribution >= 0.6 is 0 Å². The molecule has 0 radical (unpaired) electrons. The molecular formula is C14H16FNO. The standard InChI is InChI=1S/C14H16FNO/c1-11(14-7-4-10-17-14)16-9-8-12-5-2-3-6-13(12)15/h2-7,10-11,16H,8-9H2,1H3. The third-order valence-electron chi connectivity index (χ3n) is 2.77. The molecule has 90 valence electrons. The van der Waals surface area contributed by atoms with Gasteiger partial charge in [-0.15, -0.1) is 0 Å².